The molecule has 2 aliphatic heterocycles. The molecule has 2 aromatic carbocycles. The first kappa shape index (κ1) is 30.1. The molecule has 0 radical (unpaired) electrons. The highest BCUT2D eigenvalue weighted by Crippen LogP contribution is 2.37. The summed E-state index contributed by atoms with van der Waals surface area (Å²) in [6.45, 7) is 6.93. The number of benzene rings is 2. The smallest absolute Gasteiger partial charge is 0.261 e. The predicted molar refractivity (Wildman–Crippen MR) is 166 cm³/mol. The van der Waals surface area contributed by atoms with Crippen molar-refractivity contribution in [3.63, 3.8) is 0 Å². The molecule has 0 aliphatic carbocycles. The molecule has 0 spiro atoms. The summed E-state index contributed by atoms with van der Waals surface area (Å²) in [7, 11) is 0. The minimum absolute atomic E-state index is 0.317. The normalized spacial score (nSPS) is 16.5. The van der Waals surface area contributed by atoms with E-state index in [1.54, 1.807) is 22.9 Å². The highest BCUT2D eigenvalue weighted by molar-refractivity contribution is 6.01. The van der Waals surface area contributed by atoms with E-state index in [0.717, 1.165) is 24.0 Å². The Hall–Kier alpha value is -4.41. The minimum Gasteiger partial charge on any atom is -0.460 e. The van der Waals surface area contributed by atoms with Crippen molar-refractivity contribution in [3.05, 3.63) is 89.3 Å². The summed E-state index contributed by atoms with van der Waals surface area (Å²) in [4.78, 5) is 13.6. The van der Waals surface area contributed by atoms with E-state index in [1.807, 2.05) is 62.5 Å². The number of nitrogens with one attached hydrogen (secondary N) is 3. The Kier molecular flexibility index (Phi) is 9.27. The largest absolute Gasteiger partial charge is 0.460 e. The Bertz CT molecular complexity index is 1550. The maximum Gasteiger partial charge on any atom is 0.261 e. The van der Waals surface area contributed by atoms with E-state index in [2.05, 4.69) is 21.0 Å². The van der Waals surface area contributed by atoms with E-state index in [0.29, 0.717) is 65.9 Å². The summed E-state index contributed by atoms with van der Waals surface area (Å²) in [6, 6.07) is 12.6. The lowest BCUT2D eigenvalue weighted by Gasteiger charge is -2.38. The standard InChI is InChI=1S/C33H38FN5O4/c1-4-6-12-29(38-32(40)28-19-37-39-16-8-15-36-31(28)39)26(9-5-2)27-18-25(13-14-30(27)42-22(3)34)43-24-11-7-10-23(17-24)33(41)20-35-21-33/h6-8,10-14,16-19,22,35-36,41H,4-5,9,15,20-21H2,1-3H3,(H,38,40)/b12-6+,29-26-. The Morgan fingerprint density at radius 3 is 2.74 bits per heavy atom. The SMILES string of the molecule is CC/C=C/C(NC(=O)c1cnn2c1NCC=C2)=C(\CCC)c1cc(Oc2cccc(C3(O)CNC3)c2)ccc1OC(C)F. The number of hydrogen-bond donors (Lipinski definition) is 4. The number of nitrogens with zero attached hydrogens (tertiary/aromatic N) is 2. The first-order chi connectivity index (χ1) is 20.8. The third-order valence-corrected chi connectivity index (χ3v) is 7.28. The fourth-order valence-corrected chi connectivity index (χ4v) is 5.07. The molecule has 3 heterocycles. The van der Waals surface area contributed by atoms with Crippen LogP contribution in [0.3, 0.4) is 0 Å². The van der Waals surface area contributed by atoms with E-state index in [-0.39, 0.29) is 5.91 Å². The Morgan fingerprint density at radius 1 is 1.21 bits per heavy atom. The van der Waals surface area contributed by atoms with Crippen LogP contribution in [0.4, 0.5) is 10.2 Å². The lowest BCUT2D eigenvalue weighted by Crippen LogP contribution is -2.56. The van der Waals surface area contributed by atoms with Gasteiger partial charge in [0, 0.05) is 44.0 Å². The number of alkyl halides is 1. The van der Waals surface area contributed by atoms with Crippen LogP contribution in [-0.4, -0.2) is 46.8 Å². The van der Waals surface area contributed by atoms with Gasteiger partial charge in [0.25, 0.3) is 5.91 Å². The lowest BCUT2D eigenvalue weighted by atomic mass is 9.88. The average Bonchev–Trinajstić information content (AvgIpc) is 3.42. The van der Waals surface area contributed by atoms with E-state index in [1.165, 1.54) is 13.1 Å². The maximum absolute atomic E-state index is 14.2. The van der Waals surface area contributed by atoms with Crippen LogP contribution in [0.2, 0.25) is 0 Å². The number of carbonyl (C=O) groups is 1. The molecule has 1 aromatic heterocycles. The monoisotopic (exact) mass is 587 g/mol. The zero-order valence-corrected chi connectivity index (χ0v) is 24.7. The van der Waals surface area contributed by atoms with Gasteiger partial charge in [0.15, 0.2) is 0 Å². The highest BCUT2D eigenvalue weighted by atomic mass is 19.1. The second-order valence-electron chi connectivity index (χ2n) is 10.6. The predicted octanol–water partition coefficient (Wildman–Crippen LogP) is 5.96. The molecule has 4 N–H and O–H groups in total. The number of anilines is 1. The molecule has 10 heteroatoms. The molecule has 9 nitrogen and oxygen atoms in total. The molecular formula is C33H38FN5O4. The van der Waals surface area contributed by atoms with Crippen molar-refractivity contribution in [1.82, 2.24) is 20.4 Å². The van der Waals surface area contributed by atoms with Crippen molar-refractivity contribution in [2.45, 2.75) is 52.0 Å². The number of ether oxygens (including phenoxy) is 2. The summed E-state index contributed by atoms with van der Waals surface area (Å²) >= 11 is 0. The van der Waals surface area contributed by atoms with Gasteiger partial charge in [-0.25, -0.2) is 9.07 Å². The molecule has 43 heavy (non-hydrogen) atoms. The van der Waals surface area contributed by atoms with Gasteiger partial charge in [-0.3, -0.25) is 4.79 Å². The molecule has 3 aromatic rings. The van der Waals surface area contributed by atoms with Gasteiger partial charge in [-0.2, -0.15) is 5.10 Å². The van der Waals surface area contributed by atoms with Crippen molar-refractivity contribution < 1.29 is 23.8 Å². The Balaban J connectivity index is 1.54. The molecular weight excluding hydrogens is 549 g/mol. The van der Waals surface area contributed by atoms with Gasteiger partial charge >= 0.3 is 0 Å². The topological polar surface area (TPSA) is 110 Å². The molecule has 0 bridgehead atoms. The fourth-order valence-electron chi connectivity index (χ4n) is 5.07. The van der Waals surface area contributed by atoms with Crippen LogP contribution in [0.15, 0.2) is 72.6 Å². The zero-order chi connectivity index (χ0) is 30.4. The lowest BCUT2D eigenvalue weighted by molar-refractivity contribution is -0.0147. The highest BCUT2D eigenvalue weighted by Gasteiger charge is 2.36. The van der Waals surface area contributed by atoms with E-state index in [4.69, 9.17) is 9.47 Å². The van der Waals surface area contributed by atoms with Crippen LogP contribution in [0.25, 0.3) is 11.8 Å². The first-order valence-electron chi connectivity index (χ1n) is 14.7. The molecule has 1 unspecified atom stereocenters. The van der Waals surface area contributed by atoms with Gasteiger partial charge < -0.3 is 30.5 Å². The number of fused-ring (bicyclic) bond motifs is 1. The maximum atomic E-state index is 14.2. The summed E-state index contributed by atoms with van der Waals surface area (Å²) in [5, 5.41) is 24.4. The fraction of sp³-hybridized carbons (Fsp3) is 0.333. The van der Waals surface area contributed by atoms with Gasteiger partial charge in [-0.1, -0.05) is 38.5 Å². The number of hydrogen-bond acceptors (Lipinski definition) is 7. The van der Waals surface area contributed by atoms with Crippen LogP contribution < -0.4 is 25.4 Å². The van der Waals surface area contributed by atoms with Crippen molar-refractivity contribution in [3.8, 4) is 17.2 Å². The van der Waals surface area contributed by atoms with Crippen molar-refractivity contribution >= 4 is 23.5 Å². The molecule has 0 saturated carbocycles. The summed E-state index contributed by atoms with van der Waals surface area (Å²) in [6.07, 6.45) is 9.63. The number of allylic oxidation sites excluding steroid dienone is 3. The summed E-state index contributed by atoms with van der Waals surface area (Å²) in [5.41, 5.74) is 2.22. The third kappa shape index (κ3) is 6.81. The van der Waals surface area contributed by atoms with E-state index in [9.17, 15) is 14.3 Å². The first-order valence-corrected chi connectivity index (χ1v) is 14.7. The number of β-amino-alcohol motifs (C(OH)–C–C–N with tert-alkyl or cyclic N) is 1. The van der Waals surface area contributed by atoms with Gasteiger partial charge in [0.05, 0.1) is 6.20 Å². The molecule has 2 aliphatic rings. The van der Waals surface area contributed by atoms with Crippen LogP contribution in [0.5, 0.6) is 17.2 Å². The molecule has 226 valence electrons. The second kappa shape index (κ2) is 13.3. The molecule has 1 atom stereocenters. The third-order valence-electron chi connectivity index (χ3n) is 7.28. The number of amides is 1. The number of halogens is 1. The number of rotatable bonds is 12. The van der Waals surface area contributed by atoms with Crippen LogP contribution in [0.1, 0.15) is 61.5 Å². The summed E-state index contributed by atoms with van der Waals surface area (Å²) in [5.74, 6) is 1.70. The molecule has 1 amide bonds. The van der Waals surface area contributed by atoms with Gasteiger partial charge in [0.2, 0.25) is 6.36 Å². The van der Waals surface area contributed by atoms with Crippen molar-refractivity contribution in [1.29, 1.82) is 0 Å². The number of aliphatic hydroxyl groups is 1. The van der Waals surface area contributed by atoms with Crippen LogP contribution >= 0.6 is 0 Å². The molecule has 5 rings (SSSR count). The van der Waals surface area contributed by atoms with Gasteiger partial charge in [-0.15, -0.1) is 0 Å². The van der Waals surface area contributed by atoms with Crippen molar-refractivity contribution in [2.24, 2.45) is 0 Å². The summed E-state index contributed by atoms with van der Waals surface area (Å²) < 4.78 is 27.7. The van der Waals surface area contributed by atoms with Crippen molar-refractivity contribution in [2.75, 3.05) is 25.0 Å². The van der Waals surface area contributed by atoms with Crippen LogP contribution in [-0.2, 0) is 5.60 Å². The van der Waals surface area contributed by atoms with Gasteiger partial charge in [-0.05, 0) is 66.5 Å². The van der Waals surface area contributed by atoms with Crippen LogP contribution in [0, 0.1) is 0 Å². The minimum atomic E-state index is -1.55. The number of aromatic nitrogens is 2. The molecule has 1 saturated heterocycles. The average molecular weight is 588 g/mol. The zero-order valence-electron chi connectivity index (χ0n) is 24.7. The van der Waals surface area contributed by atoms with Gasteiger partial charge in [0.1, 0.15) is 34.2 Å². The number of carbonyl (C=O) groups excluding carboxylic acids is 1. The van der Waals surface area contributed by atoms with E-state index >= 15 is 0 Å². The molecule has 1 fully saturated rings. The van der Waals surface area contributed by atoms with E-state index < -0.39 is 12.0 Å². The Morgan fingerprint density at radius 2 is 2.02 bits per heavy atom. The quantitative estimate of drug-likeness (QED) is 0.194. The second-order valence-corrected chi connectivity index (χ2v) is 10.6. The Labute approximate surface area is 251 Å².